The summed E-state index contributed by atoms with van der Waals surface area (Å²) in [4.78, 5) is 3.24. The molecular weight excluding hydrogens is 285 g/mol. The highest BCUT2D eigenvalue weighted by atomic mass is 35.5. The number of nitrogens with zero attached hydrogens (tertiary/aromatic N) is 1. The Morgan fingerprint density at radius 1 is 1.39 bits per heavy atom. The van der Waals surface area contributed by atoms with E-state index in [1.807, 2.05) is 0 Å². The first-order valence-corrected chi connectivity index (χ1v) is 5.05. The van der Waals surface area contributed by atoms with Gasteiger partial charge in [-0.3, -0.25) is 0 Å². The standard InChI is InChI=1S/C9H7ClF5NO2/c10-2-4-1-6(18-9(13,14)15)7(8(11)12)16-5(4)3-17/h1,8,17H,2-3H2. The van der Waals surface area contributed by atoms with Crippen LogP contribution in [0.1, 0.15) is 23.4 Å². The molecule has 0 bridgehead atoms. The normalized spacial score (nSPS) is 12.0. The summed E-state index contributed by atoms with van der Waals surface area (Å²) in [6.07, 6.45) is -8.38. The minimum Gasteiger partial charge on any atom is -0.404 e. The molecule has 1 rings (SSSR count). The molecule has 9 heteroatoms. The minimum atomic E-state index is -5.12. The molecule has 0 radical (unpaired) electrons. The SMILES string of the molecule is OCc1nc(C(F)F)c(OC(F)(F)F)cc1CCl. The van der Waals surface area contributed by atoms with E-state index in [2.05, 4.69) is 9.72 Å². The Morgan fingerprint density at radius 2 is 2.00 bits per heavy atom. The second kappa shape index (κ2) is 5.66. The zero-order valence-corrected chi connectivity index (χ0v) is 9.40. The van der Waals surface area contributed by atoms with Crippen LogP contribution >= 0.6 is 11.6 Å². The molecule has 0 spiro atoms. The summed E-state index contributed by atoms with van der Waals surface area (Å²) in [5.41, 5.74) is -1.41. The van der Waals surface area contributed by atoms with E-state index in [0.717, 1.165) is 0 Å². The van der Waals surface area contributed by atoms with E-state index < -0.39 is 30.8 Å². The van der Waals surface area contributed by atoms with Crippen LogP contribution in [0.4, 0.5) is 22.0 Å². The van der Waals surface area contributed by atoms with E-state index in [9.17, 15) is 22.0 Å². The molecule has 1 aromatic heterocycles. The fraction of sp³-hybridized carbons (Fsp3) is 0.444. The lowest BCUT2D eigenvalue weighted by atomic mass is 10.2. The van der Waals surface area contributed by atoms with Crippen molar-refractivity contribution in [2.24, 2.45) is 0 Å². The molecule has 0 saturated carbocycles. The summed E-state index contributed by atoms with van der Waals surface area (Å²) >= 11 is 5.41. The van der Waals surface area contributed by atoms with Crippen LogP contribution in [-0.2, 0) is 12.5 Å². The lowest BCUT2D eigenvalue weighted by Gasteiger charge is -2.15. The number of aliphatic hydroxyl groups excluding tert-OH is 1. The lowest BCUT2D eigenvalue weighted by molar-refractivity contribution is -0.275. The zero-order chi connectivity index (χ0) is 13.9. The van der Waals surface area contributed by atoms with Crippen molar-refractivity contribution >= 4 is 11.6 Å². The van der Waals surface area contributed by atoms with E-state index >= 15 is 0 Å². The van der Waals surface area contributed by atoms with Crippen LogP contribution in [0.5, 0.6) is 5.75 Å². The first kappa shape index (κ1) is 14.9. The van der Waals surface area contributed by atoms with Crippen LogP contribution in [0.15, 0.2) is 6.07 Å². The van der Waals surface area contributed by atoms with Crippen LogP contribution in [0.3, 0.4) is 0 Å². The van der Waals surface area contributed by atoms with Gasteiger partial charge in [-0.15, -0.1) is 24.8 Å². The molecule has 0 aromatic carbocycles. The maximum absolute atomic E-state index is 12.5. The van der Waals surface area contributed by atoms with Gasteiger partial charge in [0.25, 0.3) is 6.43 Å². The number of alkyl halides is 6. The summed E-state index contributed by atoms with van der Waals surface area (Å²) in [6, 6.07) is 0.695. The Morgan fingerprint density at radius 3 is 2.39 bits per heavy atom. The molecule has 1 heterocycles. The monoisotopic (exact) mass is 291 g/mol. The van der Waals surface area contributed by atoms with E-state index in [0.29, 0.717) is 6.07 Å². The fourth-order valence-electron chi connectivity index (χ4n) is 1.20. The highest BCUT2D eigenvalue weighted by Crippen LogP contribution is 2.33. The summed E-state index contributed by atoms with van der Waals surface area (Å²) in [7, 11) is 0. The van der Waals surface area contributed by atoms with Crippen LogP contribution in [0.2, 0.25) is 0 Å². The molecule has 0 unspecified atom stereocenters. The molecule has 102 valence electrons. The molecule has 0 saturated heterocycles. The number of halogens is 6. The van der Waals surface area contributed by atoms with Gasteiger partial charge in [-0.25, -0.2) is 13.8 Å². The third-order valence-electron chi connectivity index (χ3n) is 1.91. The molecule has 0 amide bonds. The number of aromatic nitrogens is 1. The van der Waals surface area contributed by atoms with Crippen molar-refractivity contribution in [1.82, 2.24) is 4.98 Å². The molecule has 0 aliphatic heterocycles. The smallest absolute Gasteiger partial charge is 0.404 e. The Kier molecular flexibility index (Phi) is 4.69. The zero-order valence-electron chi connectivity index (χ0n) is 8.64. The van der Waals surface area contributed by atoms with E-state index in [4.69, 9.17) is 16.7 Å². The summed E-state index contributed by atoms with van der Waals surface area (Å²) in [6.45, 7) is -0.714. The van der Waals surface area contributed by atoms with Crippen molar-refractivity contribution in [1.29, 1.82) is 0 Å². The van der Waals surface area contributed by atoms with Crippen LogP contribution in [0.25, 0.3) is 0 Å². The topological polar surface area (TPSA) is 42.4 Å². The van der Waals surface area contributed by atoms with Gasteiger partial charge in [0.05, 0.1) is 12.3 Å². The Hall–Kier alpha value is -1.15. The number of ether oxygens (including phenoxy) is 1. The molecule has 1 aromatic rings. The van der Waals surface area contributed by atoms with Gasteiger partial charge < -0.3 is 9.84 Å². The average Bonchev–Trinajstić information content (AvgIpc) is 2.25. The summed E-state index contributed by atoms with van der Waals surface area (Å²) in [5.74, 6) is -1.41. The number of hydrogen-bond acceptors (Lipinski definition) is 3. The van der Waals surface area contributed by atoms with Gasteiger partial charge >= 0.3 is 6.36 Å². The molecular formula is C9H7ClF5NO2. The minimum absolute atomic E-state index is 0.0113. The second-order valence-electron chi connectivity index (χ2n) is 3.12. The van der Waals surface area contributed by atoms with Crippen molar-refractivity contribution in [2.75, 3.05) is 0 Å². The predicted octanol–water partition coefficient (Wildman–Crippen LogP) is 3.15. The van der Waals surface area contributed by atoms with E-state index in [-0.39, 0.29) is 17.1 Å². The number of rotatable bonds is 4. The number of aliphatic hydroxyl groups is 1. The van der Waals surface area contributed by atoms with Crippen LogP contribution in [-0.4, -0.2) is 16.5 Å². The van der Waals surface area contributed by atoms with Crippen molar-refractivity contribution in [3.63, 3.8) is 0 Å². The number of hydrogen-bond donors (Lipinski definition) is 1. The Labute approximate surface area is 103 Å². The van der Waals surface area contributed by atoms with E-state index in [1.54, 1.807) is 0 Å². The van der Waals surface area contributed by atoms with Crippen LogP contribution in [0, 0.1) is 0 Å². The maximum Gasteiger partial charge on any atom is 0.573 e. The van der Waals surface area contributed by atoms with Gasteiger partial charge in [-0.1, -0.05) is 0 Å². The van der Waals surface area contributed by atoms with Crippen LogP contribution < -0.4 is 4.74 Å². The largest absolute Gasteiger partial charge is 0.573 e. The fourth-order valence-corrected chi connectivity index (χ4v) is 1.43. The van der Waals surface area contributed by atoms with Crippen molar-refractivity contribution in [3.05, 3.63) is 23.0 Å². The third kappa shape index (κ3) is 3.67. The second-order valence-corrected chi connectivity index (χ2v) is 3.39. The first-order chi connectivity index (χ1) is 8.28. The first-order valence-electron chi connectivity index (χ1n) is 4.52. The van der Waals surface area contributed by atoms with Gasteiger partial charge in [0.2, 0.25) is 0 Å². The quantitative estimate of drug-likeness (QED) is 0.684. The Balaban J connectivity index is 3.29. The van der Waals surface area contributed by atoms with Gasteiger partial charge in [-0.2, -0.15) is 0 Å². The molecule has 0 aliphatic rings. The van der Waals surface area contributed by atoms with Gasteiger partial charge in [0.1, 0.15) is 5.69 Å². The Bertz CT molecular complexity index is 424. The molecule has 18 heavy (non-hydrogen) atoms. The highest BCUT2D eigenvalue weighted by Gasteiger charge is 2.34. The number of pyridine rings is 1. The van der Waals surface area contributed by atoms with Crippen molar-refractivity contribution in [2.45, 2.75) is 25.3 Å². The average molecular weight is 292 g/mol. The highest BCUT2D eigenvalue weighted by molar-refractivity contribution is 6.17. The summed E-state index contributed by atoms with van der Waals surface area (Å²) < 4.78 is 64.6. The maximum atomic E-state index is 12.5. The van der Waals surface area contributed by atoms with Crippen molar-refractivity contribution < 1.29 is 31.8 Å². The third-order valence-corrected chi connectivity index (χ3v) is 2.20. The lowest BCUT2D eigenvalue weighted by Crippen LogP contribution is -2.19. The molecule has 3 nitrogen and oxygen atoms in total. The van der Waals surface area contributed by atoms with E-state index in [1.165, 1.54) is 0 Å². The molecule has 0 atom stereocenters. The van der Waals surface area contributed by atoms with Gasteiger partial charge in [0, 0.05) is 5.88 Å². The van der Waals surface area contributed by atoms with Gasteiger partial charge in [0.15, 0.2) is 5.75 Å². The van der Waals surface area contributed by atoms with Gasteiger partial charge in [-0.05, 0) is 11.6 Å². The molecule has 0 fully saturated rings. The predicted molar refractivity (Wildman–Crippen MR) is 51.4 cm³/mol. The summed E-state index contributed by atoms with van der Waals surface area (Å²) in [5, 5.41) is 8.85. The molecule has 1 N–H and O–H groups in total. The van der Waals surface area contributed by atoms with Crippen molar-refractivity contribution in [3.8, 4) is 5.75 Å². The molecule has 0 aliphatic carbocycles.